The summed E-state index contributed by atoms with van der Waals surface area (Å²) < 4.78 is 4.57. The second-order valence-corrected chi connectivity index (χ2v) is 5.03. The lowest BCUT2D eigenvalue weighted by Crippen LogP contribution is -2.06. The summed E-state index contributed by atoms with van der Waals surface area (Å²) in [4.78, 5) is 10.9. The SMILES string of the molecule is CCCCCCC[C@H](O)CCCCCC(=O)OC. The number of carbonyl (C=O) groups excluding carboxylic acids is 1. The van der Waals surface area contributed by atoms with Gasteiger partial charge in [0, 0.05) is 6.42 Å². The Balaban J connectivity index is 3.21. The topological polar surface area (TPSA) is 46.5 Å². The molecule has 1 atom stereocenters. The van der Waals surface area contributed by atoms with E-state index in [1.807, 2.05) is 0 Å². The average molecular weight is 258 g/mol. The second-order valence-electron chi connectivity index (χ2n) is 5.03. The van der Waals surface area contributed by atoms with E-state index >= 15 is 0 Å². The summed E-state index contributed by atoms with van der Waals surface area (Å²) >= 11 is 0. The van der Waals surface area contributed by atoms with Gasteiger partial charge in [-0.25, -0.2) is 0 Å². The zero-order valence-electron chi connectivity index (χ0n) is 12.1. The molecule has 0 aromatic carbocycles. The van der Waals surface area contributed by atoms with Crippen molar-refractivity contribution < 1.29 is 14.6 Å². The summed E-state index contributed by atoms with van der Waals surface area (Å²) in [5.41, 5.74) is 0. The molecule has 0 unspecified atom stereocenters. The smallest absolute Gasteiger partial charge is 0.305 e. The van der Waals surface area contributed by atoms with Crippen LogP contribution in [-0.4, -0.2) is 24.3 Å². The molecule has 1 N–H and O–H groups in total. The van der Waals surface area contributed by atoms with Gasteiger partial charge >= 0.3 is 5.97 Å². The van der Waals surface area contributed by atoms with E-state index in [9.17, 15) is 9.90 Å². The molecule has 0 radical (unpaired) electrons. The van der Waals surface area contributed by atoms with Gasteiger partial charge in [0.2, 0.25) is 0 Å². The Morgan fingerprint density at radius 1 is 1.00 bits per heavy atom. The first-order valence-electron chi connectivity index (χ1n) is 7.45. The van der Waals surface area contributed by atoms with Gasteiger partial charge in [0.15, 0.2) is 0 Å². The maximum absolute atomic E-state index is 10.9. The predicted molar refractivity (Wildman–Crippen MR) is 74.5 cm³/mol. The van der Waals surface area contributed by atoms with Crippen LogP contribution < -0.4 is 0 Å². The number of hydrogen-bond donors (Lipinski definition) is 1. The molecule has 3 nitrogen and oxygen atoms in total. The molecule has 0 saturated carbocycles. The van der Waals surface area contributed by atoms with Gasteiger partial charge in [-0.2, -0.15) is 0 Å². The molecular formula is C15H30O3. The monoisotopic (exact) mass is 258 g/mol. The number of unbranched alkanes of at least 4 members (excludes halogenated alkanes) is 6. The van der Waals surface area contributed by atoms with Gasteiger partial charge < -0.3 is 9.84 Å². The van der Waals surface area contributed by atoms with E-state index in [-0.39, 0.29) is 12.1 Å². The van der Waals surface area contributed by atoms with Crippen LogP contribution in [0.5, 0.6) is 0 Å². The van der Waals surface area contributed by atoms with Crippen LogP contribution in [0.2, 0.25) is 0 Å². The predicted octanol–water partition coefficient (Wildman–Crippen LogP) is 3.83. The minimum atomic E-state index is -0.148. The first-order valence-corrected chi connectivity index (χ1v) is 7.45. The van der Waals surface area contributed by atoms with Crippen LogP contribution in [0, 0.1) is 0 Å². The van der Waals surface area contributed by atoms with E-state index in [4.69, 9.17) is 0 Å². The molecule has 0 amide bonds. The summed E-state index contributed by atoms with van der Waals surface area (Å²) in [6, 6.07) is 0. The molecule has 18 heavy (non-hydrogen) atoms. The summed E-state index contributed by atoms with van der Waals surface area (Å²) in [7, 11) is 1.42. The molecule has 3 heteroatoms. The lowest BCUT2D eigenvalue weighted by Gasteiger charge is -2.09. The maximum atomic E-state index is 10.9. The zero-order chi connectivity index (χ0) is 13.6. The molecule has 0 aromatic rings. The third kappa shape index (κ3) is 11.9. The van der Waals surface area contributed by atoms with Gasteiger partial charge in [0.05, 0.1) is 13.2 Å². The van der Waals surface area contributed by atoms with Crippen molar-refractivity contribution in [1.29, 1.82) is 0 Å². The second kappa shape index (κ2) is 12.9. The number of ether oxygens (including phenoxy) is 1. The van der Waals surface area contributed by atoms with Crippen LogP contribution in [0.1, 0.15) is 77.6 Å². The molecule has 0 aliphatic heterocycles. The molecule has 0 bridgehead atoms. The lowest BCUT2D eigenvalue weighted by atomic mass is 10.0. The number of carbonyl (C=O) groups is 1. The molecular weight excluding hydrogens is 228 g/mol. The summed E-state index contributed by atoms with van der Waals surface area (Å²) in [5.74, 6) is -0.133. The molecule has 0 fully saturated rings. The molecule has 0 aliphatic rings. The highest BCUT2D eigenvalue weighted by atomic mass is 16.5. The number of aliphatic hydroxyl groups excluding tert-OH is 1. The quantitative estimate of drug-likeness (QED) is 0.427. The van der Waals surface area contributed by atoms with Gasteiger partial charge in [-0.3, -0.25) is 4.79 Å². The normalized spacial score (nSPS) is 12.4. The van der Waals surface area contributed by atoms with E-state index in [0.717, 1.165) is 38.5 Å². The van der Waals surface area contributed by atoms with E-state index in [1.165, 1.54) is 32.8 Å². The van der Waals surface area contributed by atoms with Gasteiger partial charge in [-0.1, -0.05) is 51.9 Å². The van der Waals surface area contributed by atoms with Crippen molar-refractivity contribution in [1.82, 2.24) is 0 Å². The third-order valence-corrected chi connectivity index (χ3v) is 3.29. The number of methoxy groups -OCH3 is 1. The summed E-state index contributed by atoms with van der Waals surface area (Å²) in [6.07, 6.45) is 11.3. The number of esters is 1. The van der Waals surface area contributed by atoms with E-state index in [2.05, 4.69) is 11.7 Å². The highest BCUT2D eigenvalue weighted by Crippen LogP contribution is 2.12. The van der Waals surface area contributed by atoms with Crippen molar-refractivity contribution in [3.8, 4) is 0 Å². The van der Waals surface area contributed by atoms with Crippen LogP contribution in [-0.2, 0) is 9.53 Å². The number of aliphatic hydroxyl groups is 1. The first kappa shape index (κ1) is 17.4. The van der Waals surface area contributed by atoms with Gasteiger partial charge in [-0.15, -0.1) is 0 Å². The zero-order valence-corrected chi connectivity index (χ0v) is 12.1. The van der Waals surface area contributed by atoms with Crippen LogP contribution >= 0.6 is 0 Å². The molecule has 108 valence electrons. The highest BCUT2D eigenvalue weighted by Gasteiger charge is 2.04. The molecule has 0 aliphatic carbocycles. The highest BCUT2D eigenvalue weighted by molar-refractivity contribution is 5.68. The van der Waals surface area contributed by atoms with Crippen molar-refractivity contribution in [2.75, 3.05) is 7.11 Å². The summed E-state index contributed by atoms with van der Waals surface area (Å²) in [5, 5.41) is 9.77. The Kier molecular flexibility index (Phi) is 12.5. The van der Waals surface area contributed by atoms with Crippen LogP contribution in [0.4, 0.5) is 0 Å². The van der Waals surface area contributed by atoms with Crippen LogP contribution in [0.15, 0.2) is 0 Å². The van der Waals surface area contributed by atoms with Crippen LogP contribution in [0.3, 0.4) is 0 Å². The minimum Gasteiger partial charge on any atom is -0.469 e. The van der Waals surface area contributed by atoms with Crippen molar-refractivity contribution in [2.45, 2.75) is 83.7 Å². The third-order valence-electron chi connectivity index (χ3n) is 3.29. The minimum absolute atomic E-state index is 0.133. The van der Waals surface area contributed by atoms with Crippen LogP contribution in [0.25, 0.3) is 0 Å². The Bertz CT molecular complexity index is 192. The fraction of sp³-hybridized carbons (Fsp3) is 0.933. The fourth-order valence-electron chi connectivity index (χ4n) is 2.06. The Morgan fingerprint density at radius 2 is 1.56 bits per heavy atom. The maximum Gasteiger partial charge on any atom is 0.305 e. The largest absolute Gasteiger partial charge is 0.469 e. The van der Waals surface area contributed by atoms with E-state index in [0.29, 0.717) is 6.42 Å². The molecule has 0 aromatic heterocycles. The Hall–Kier alpha value is -0.570. The van der Waals surface area contributed by atoms with E-state index in [1.54, 1.807) is 0 Å². The first-order chi connectivity index (χ1) is 8.70. The molecule has 0 rings (SSSR count). The van der Waals surface area contributed by atoms with Gasteiger partial charge in [-0.05, 0) is 19.3 Å². The summed E-state index contributed by atoms with van der Waals surface area (Å²) in [6.45, 7) is 2.21. The molecule has 0 heterocycles. The van der Waals surface area contributed by atoms with Gasteiger partial charge in [0.1, 0.15) is 0 Å². The van der Waals surface area contributed by atoms with Crippen molar-refractivity contribution in [2.24, 2.45) is 0 Å². The van der Waals surface area contributed by atoms with Crippen molar-refractivity contribution >= 4 is 5.97 Å². The molecule has 0 spiro atoms. The average Bonchev–Trinajstić information content (AvgIpc) is 2.37. The lowest BCUT2D eigenvalue weighted by molar-refractivity contribution is -0.140. The van der Waals surface area contributed by atoms with Gasteiger partial charge in [0.25, 0.3) is 0 Å². The van der Waals surface area contributed by atoms with E-state index < -0.39 is 0 Å². The van der Waals surface area contributed by atoms with Crippen molar-refractivity contribution in [3.05, 3.63) is 0 Å². The molecule has 0 saturated heterocycles. The number of rotatable bonds is 12. The Labute approximate surface area is 112 Å². The Morgan fingerprint density at radius 3 is 2.11 bits per heavy atom. The fourth-order valence-corrected chi connectivity index (χ4v) is 2.06. The van der Waals surface area contributed by atoms with Crippen molar-refractivity contribution in [3.63, 3.8) is 0 Å². The standard InChI is InChI=1S/C15H30O3/c1-3-4-5-6-8-11-14(16)12-9-7-10-13-15(17)18-2/h14,16H,3-13H2,1-2H3/t14-/m0/s1. The number of hydrogen-bond acceptors (Lipinski definition) is 3.